The summed E-state index contributed by atoms with van der Waals surface area (Å²) in [6, 6.07) is 4.35. The van der Waals surface area contributed by atoms with Gasteiger partial charge in [0.1, 0.15) is 5.78 Å². The number of benzene rings is 1. The van der Waals surface area contributed by atoms with Crippen LogP contribution in [-0.2, 0) is 20.8 Å². The third-order valence-electron chi connectivity index (χ3n) is 8.77. The monoisotopic (exact) mass is 913 g/mol. The fourth-order valence-corrected chi connectivity index (χ4v) is 5.44. The Kier molecular flexibility index (Phi) is 48.5. The predicted octanol–water partition coefficient (Wildman–Crippen LogP) is 13.1. The van der Waals surface area contributed by atoms with Crippen molar-refractivity contribution in [2.75, 3.05) is 44.1 Å². The minimum absolute atomic E-state index is 0.0255. The quantitative estimate of drug-likeness (QED) is 0.0400. The molecule has 0 spiro atoms. The first-order valence-electron chi connectivity index (χ1n) is 20.2. The van der Waals surface area contributed by atoms with E-state index in [-0.39, 0.29) is 23.3 Å². The van der Waals surface area contributed by atoms with Gasteiger partial charge in [0.05, 0.1) is 11.5 Å². The van der Waals surface area contributed by atoms with Gasteiger partial charge < -0.3 is 20.6 Å². The van der Waals surface area contributed by atoms with Crippen LogP contribution in [0.5, 0.6) is 0 Å². The second kappa shape index (κ2) is 45.9. The SMILES string of the molecule is CSSC.CSSC.CSSC.C[C@@H](CCCCNC(=O)c1cc(CC(=O)CCCCCCCCCCCCCCCCCCC(=O)O)cc(C(=O)O)c1)C(=O)O. The fraction of sp³-hybridized carbons (Fsp3) is 0.738. The molecule has 0 aromatic heterocycles. The van der Waals surface area contributed by atoms with Crippen molar-refractivity contribution in [2.45, 2.75) is 148 Å². The van der Waals surface area contributed by atoms with Crippen molar-refractivity contribution in [3.8, 4) is 0 Å². The van der Waals surface area contributed by atoms with Gasteiger partial charge in [0.2, 0.25) is 0 Å². The molecular weight excluding hydrogens is 839 g/mol. The van der Waals surface area contributed by atoms with E-state index in [0.717, 1.165) is 38.5 Å². The number of rotatable bonds is 32. The molecule has 1 amide bonds. The Morgan fingerprint density at radius 2 is 0.912 bits per heavy atom. The Bertz CT molecular complexity index is 1150. The normalized spacial score (nSPS) is 10.8. The smallest absolute Gasteiger partial charge is 0.335 e. The van der Waals surface area contributed by atoms with Crippen LogP contribution in [0.15, 0.2) is 18.2 Å². The van der Waals surface area contributed by atoms with Crippen molar-refractivity contribution in [2.24, 2.45) is 5.92 Å². The van der Waals surface area contributed by atoms with E-state index in [1.807, 2.05) is 0 Å². The van der Waals surface area contributed by atoms with Crippen LogP contribution in [0.3, 0.4) is 0 Å². The number of nitrogens with one attached hydrogen (secondary N) is 1. The van der Waals surface area contributed by atoms with Gasteiger partial charge in [-0.3, -0.25) is 19.2 Å². The summed E-state index contributed by atoms with van der Waals surface area (Å²) in [6.07, 6.45) is 33.4. The van der Waals surface area contributed by atoms with Gasteiger partial charge in [-0.2, -0.15) is 0 Å². The highest BCUT2D eigenvalue weighted by Gasteiger charge is 2.15. The van der Waals surface area contributed by atoms with Gasteiger partial charge in [-0.05, 0) is 87.0 Å². The molecule has 0 aliphatic heterocycles. The molecule has 1 atom stereocenters. The molecule has 4 N–H and O–H groups in total. The zero-order chi connectivity index (χ0) is 43.5. The van der Waals surface area contributed by atoms with Crippen LogP contribution in [0.25, 0.3) is 0 Å². The van der Waals surface area contributed by atoms with Gasteiger partial charge >= 0.3 is 17.9 Å². The number of carboxylic acids is 3. The molecule has 0 radical (unpaired) electrons. The molecule has 0 saturated heterocycles. The average molecular weight is 914 g/mol. The first-order chi connectivity index (χ1) is 27.3. The molecule has 0 heterocycles. The largest absolute Gasteiger partial charge is 0.481 e. The van der Waals surface area contributed by atoms with E-state index < -0.39 is 29.7 Å². The number of aromatic carboxylic acids is 1. The number of carboxylic acid groups (broad SMARTS) is 3. The van der Waals surface area contributed by atoms with Crippen molar-refractivity contribution in [1.29, 1.82) is 0 Å². The maximum Gasteiger partial charge on any atom is 0.335 e. The molecule has 332 valence electrons. The number of carbonyl (C=O) groups is 5. The Balaban J connectivity index is -0.00000212. The predicted molar refractivity (Wildman–Crippen MR) is 257 cm³/mol. The molecule has 0 bridgehead atoms. The highest BCUT2D eigenvalue weighted by molar-refractivity contribution is 8.76. The molecule has 0 fully saturated rings. The minimum atomic E-state index is -1.15. The molecule has 1 rings (SSSR count). The Hall–Kier alpha value is -1.13. The number of unbranched alkanes of at least 4 members (excludes halogenated alkanes) is 16. The van der Waals surface area contributed by atoms with E-state index >= 15 is 0 Å². The standard InChI is InChI=1S/C36H57NO8.3C2H6S2/c1-28(35(42)43)20-18-19-23-37-34(41)30-24-29(25-31(27-30)36(44)45)26-32(38)21-16-14-12-10-8-6-4-2-3-5-7-9-11-13-15-17-22-33(39)40;3*1-3-4-2/h24-25,27-28H,2-23,26H2,1H3,(H,37,41)(H,39,40)(H,42,43)(H,44,45);3*1-2H3/t28-;;;/m0.../s1. The second-order valence-electron chi connectivity index (χ2n) is 13.5. The van der Waals surface area contributed by atoms with E-state index in [0.29, 0.717) is 44.2 Å². The first kappa shape index (κ1) is 60.2. The van der Waals surface area contributed by atoms with Gasteiger partial charge in [0, 0.05) is 31.4 Å². The fourth-order valence-electron chi connectivity index (χ4n) is 5.44. The van der Waals surface area contributed by atoms with Gasteiger partial charge in [0.25, 0.3) is 5.91 Å². The van der Waals surface area contributed by atoms with Crippen LogP contribution < -0.4 is 5.32 Å². The lowest BCUT2D eigenvalue weighted by atomic mass is 9.98. The maximum atomic E-state index is 12.6. The lowest BCUT2D eigenvalue weighted by molar-refractivity contribution is -0.141. The highest BCUT2D eigenvalue weighted by Crippen LogP contribution is 2.17. The number of carbonyl (C=O) groups excluding carboxylic acids is 2. The topological polar surface area (TPSA) is 158 Å². The lowest BCUT2D eigenvalue weighted by Gasteiger charge is -2.10. The van der Waals surface area contributed by atoms with E-state index in [4.69, 9.17) is 10.2 Å². The van der Waals surface area contributed by atoms with Gasteiger partial charge in [0.15, 0.2) is 0 Å². The summed E-state index contributed by atoms with van der Waals surface area (Å²) < 4.78 is 0. The Morgan fingerprint density at radius 3 is 1.28 bits per heavy atom. The van der Waals surface area contributed by atoms with E-state index in [1.54, 1.807) is 77.8 Å². The third kappa shape index (κ3) is 44.3. The highest BCUT2D eigenvalue weighted by atomic mass is 33.1. The summed E-state index contributed by atoms with van der Waals surface area (Å²) in [4.78, 5) is 58.2. The van der Waals surface area contributed by atoms with E-state index in [9.17, 15) is 29.1 Å². The molecule has 0 saturated carbocycles. The lowest BCUT2D eigenvalue weighted by Crippen LogP contribution is -2.25. The van der Waals surface area contributed by atoms with E-state index in [2.05, 4.69) is 42.9 Å². The number of amides is 1. The zero-order valence-electron chi connectivity index (χ0n) is 35.9. The molecule has 1 aromatic carbocycles. The van der Waals surface area contributed by atoms with Gasteiger partial charge in [-0.1, -0.05) is 168 Å². The third-order valence-corrected chi connectivity index (χ3v) is 12.8. The Labute approximate surface area is 369 Å². The van der Waals surface area contributed by atoms with Crippen molar-refractivity contribution in [3.05, 3.63) is 34.9 Å². The molecule has 15 heteroatoms. The Morgan fingerprint density at radius 1 is 0.526 bits per heavy atom. The van der Waals surface area contributed by atoms with Crippen LogP contribution in [-0.4, -0.2) is 89.0 Å². The number of ketones is 1. The van der Waals surface area contributed by atoms with Gasteiger partial charge in [-0.25, -0.2) is 4.79 Å². The number of aliphatic carboxylic acids is 2. The first-order valence-corrected chi connectivity index (χ1v) is 29.1. The summed E-state index contributed by atoms with van der Waals surface area (Å²) >= 11 is 0. The molecule has 0 unspecified atom stereocenters. The van der Waals surface area contributed by atoms with Crippen molar-refractivity contribution < 1.29 is 39.3 Å². The maximum absolute atomic E-state index is 12.6. The van der Waals surface area contributed by atoms with Crippen LogP contribution in [0.4, 0.5) is 0 Å². The molecule has 1 aromatic rings. The molecule has 9 nitrogen and oxygen atoms in total. The van der Waals surface area contributed by atoms with Crippen molar-refractivity contribution >= 4 is 94.4 Å². The molecule has 0 aliphatic carbocycles. The molecule has 0 aliphatic rings. The summed E-state index contributed by atoms with van der Waals surface area (Å²) in [6.45, 7) is 2.01. The average Bonchev–Trinajstić information content (AvgIpc) is 3.19. The number of hydrogen-bond donors (Lipinski definition) is 4. The molecular formula is C42H75NO8S6. The number of Topliss-reactive ketones (excluding diaryl/α,β-unsaturated/α-hetero) is 1. The van der Waals surface area contributed by atoms with Crippen LogP contribution >= 0.6 is 64.8 Å². The van der Waals surface area contributed by atoms with Crippen LogP contribution in [0.2, 0.25) is 0 Å². The van der Waals surface area contributed by atoms with E-state index in [1.165, 1.54) is 76.3 Å². The van der Waals surface area contributed by atoms with Crippen LogP contribution in [0, 0.1) is 5.92 Å². The summed E-state index contributed by atoms with van der Waals surface area (Å²) in [7, 11) is 10.6. The summed E-state index contributed by atoms with van der Waals surface area (Å²) in [5.74, 6) is -3.49. The molecule has 57 heavy (non-hydrogen) atoms. The second-order valence-corrected chi connectivity index (χ2v) is 21.5. The van der Waals surface area contributed by atoms with Gasteiger partial charge in [-0.15, -0.1) is 0 Å². The number of hydrogen-bond acceptors (Lipinski definition) is 11. The summed E-state index contributed by atoms with van der Waals surface area (Å²) in [5.41, 5.74) is 0.703. The summed E-state index contributed by atoms with van der Waals surface area (Å²) in [5, 5.41) is 29.8. The van der Waals surface area contributed by atoms with Crippen LogP contribution in [0.1, 0.15) is 168 Å². The zero-order valence-corrected chi connectivity index (χ0v) is 40.8. The van der Waals surface area contributed by atoms with Crippen molar-refractivity contribution in [1.82, 2.24) is 5.32 Å². The minimum Gasteiger partial charge on any atom is -0.481 e. The van der Waals surface area contributed by atoms with Crippen molar-refractivity contribution in [3.63, 3.8) is 0 Å².